The van der Waals surface area contributed by atoms with E-state index in [2.05, 4.69) is 0 Å². The smallest absolute Gasteiger partial charge is 0.260 e. The number of carbonyl (C=O) groups is 1. The largest absolute Gasteiger partial charge is 0.484 e. The summed E-state index contributed by atoms with van der Waals surface area (Å²) in [5.74, 6) is 0.605. The fourth-order valence-corrected chi connectivity index (χ4v) is 2.38. The monoisotopic (exact) mass is 277 g/mol. The molecule has 0 saturated carbocycles. The summed E-state index contributed by atoms with van der Waals surface area (Å²) in [5.41, 5.74) is 2.13. The molecule has 1 aromatic rings. The van der Waals surface area contributed by atoms with Gasteiger partial charge in [0, 0.05) is 13.1 Å². The Hall–Kier alpha value is -1.55. The second-order valence-corrected chi connectivity index (χ2v) is 5.66. The van der Waals surface area contributed by atoms with E-state index in [1.807, 2.05) is 32.0 Å². The van der Waals surface area contributed by atoms with Crippen molar-refractivity contribution in [2.75, 3.05) is 13.7 Å². The van der Waals surface area contributed by atoms with Crippen molar-refractivity contribution >= 4 is 5.91 Å². The average molecular weight is 277 g/mol. The molecule has 2 rings (SSSR count). The van der Waals surface area contributed by atoms with Gasteiger partial charge in [0.2, 0.25) is 0 Å². The molecule has 0 aromatic heterocycles. The number of amides is 1. The number of aliphatic hydroxyl groups excluding tert-OH is 1. The highest BCUT2D eigenvalue weighted by molar-refractivity contribution is 5.77. The molecule has 0 heterocycles. The summed E-state index contributed by atoms with van der Waals surface area (Å²) >= 11 is 0. The van der Waals surface area contributed by atoms with Crippen molar-refractivity contribution in [2.24, 2.45) is 0 Å². The van der Waals surface area contributed by atoms with Crippen LogP contribution in [0.15, 0.2) is 18.2 Å². The van der Waals surface area contributed by atoms with Gasteiger partial charge in [-0.2, -0.15) is 0 Å². The second kappa shape index (κ2) is 6.27. The summed E-state index contributed by atoms with van der Waals surface area (Å²) in [6.45, 7) is 3.96. The van der Waals surface area contributed by atoms with Crippen LogP contribution in [0.5, 0.6) is 5.75 Å². The number of aryl methyl sites for hydroxylation is 1. The van der Waals surface area contributed by atoms with Crippen LogP contribution in [0.2, 0.25) is 0 Å². The molecule has 0 saturated heterocycles. The van der Waals surface area contributed by atoms with E-state index in [1.54, 1.807) is 11.9 Å². The van der Waals surface area contributed by atoms with Crippen molar-refractivity contribution in [1.82, 2.24) is 4.90 Å². The van der Waals surface area contributed by atoms with E-state index in [4.69, 9.17) is 4.74 Å². The van der Waals surface area contributed by atoms with Crippen LogP contribution >= 0.6 is 0 Å². The van der Waals surface area contributed by atoms with Crippen LogP contribution in [0.4, 0.5) is 0 Å². The van der Waals surface area contributed by atoms with E-state index in [-0.39, 0.29) is 18.6 Å². The van der Waals surface area contributed by atoms with Crippen LogP contribution in [0, 0.1) is 0 Å². The molecule has 1 aliphatic carbocycles. The Morgan fingerprint density at radius 1 is 1.50 bits per heavy atom. The van der Waals surface area contributed by atoms with Crippen molar-refractivity contribution in [3.63, 3.8) is 0 Å². The number of benzene rings is 1. The quantitative estimate of drug-likeness (QED) is 0.918. The summed E-state index contributed by atoms with van der Waals surface area (Å²) in [6, 6.07) is 5.89. The highest BCUT2D eigenvalue weighted by atomic mass is 16.5. The summed E-state index contributed by atoms with van der Waals surface area (Å²) < 4.78 is 5.55. The lowest BCUT2D eigenvalue weighted by Crippen LogP contribution is -2.36. The first kappa shape index (κ1) is 14.9. The minimum atomic E-state index is -0.406. The van der Waals surface area contributed by atoms with E-state index < -0.39 is 6.10 Å². The average Bonchev–Trinajstić information content (AvgIpc) is 2.44. The minimum Gasteiger partial charge on any atom is -0.484 e. The fourth-order valence-electron chi connectivity index (χ4n) is 2.38. The summed E-state index contributed by atoms with van der Waals surface area (Å²) in [4.78, 5) is 13.5. The molecule has 4 heteroatoms. The van der Waals surface area contributed by atoms with Gasteiger partial charge in [0.15, 0.2) is 6.61 Å². The molecule has 1 N–H and O–H groups in total. The Labute approximate surface area is 120 Å². The van der Waals surface area contributed by atoms with E-state index >= 15 is 0 Å². The van der Waals surface area contributed by atoms with Crippen LogP contribution in [0.25, 0.3) is 0 Å². The van der Waals surface area contributed by atoms with Gasteiger partial charge in [0.05, 0.1) is 6.10 Å². The zero-order valence-electron chi connectivity index (χ0n) is 12.4. The third-order valence-corrected chi connectivity index (χ3v) is 3.93. The Balaban J connectivity index is 2.01. The lowest BCUT2D eigenvalue weighted by molar-refractivity contribution is -0.133. The number of hydrogen-bond donors (Lipinski definition) is 1. The van der Waals surface area contributed by atoms with Crippen LogP contribution in [-0.4, -0.2) is 35.6 Å². The first-order valence-corrected chi connectivity index (χ1v) is 7.18. The van der Waals surface area contributed by atoms with Crippen molar-refractivity contribution in [1.29, 1.82) is 0 Å². The highest BCUT2D eigenvalue weighted by Gasteiger charge is 2.19. The molecule has 110 valence electrons. The molecule has 0 bridgehead atoms. The van der Waals surface area contributed by atoms with Crippen molar-refractivity contribution in [3.05, 3.63) is 29.3 Å². The Morgan fingerprint density at radius 3 is 2.95 bits per heavy atom. The van der Waals surface area contributed by atoms with Crippen molar-refractivity contribution < 1.29 is 14.6 Å². The summed E-state index contributed by atoms with van der Waals surface area (Å²) in [5, 5.41) is 9.99. The van der Waals surface area contributed by atoms with E-state index in [0.717, 1.165) is 24.8 Å². The maximum absolute atomic E-state index is 11.9. The number of aliphatic hydroxyl groups is 1. The first-order valence-electron chi connectivity index (χ1n) is 7.18. The third kappa shape index (κ3) is 3.31. The topological polar surface area (TPSA) is 49.8 Å². The highest BCUT2D eigenvalue weighted by Crippen LogP contribution is 2.32. The third-order valence-electron chi connectivity index (χ3n) is 3.93. The maximum atomic E-state index is 11.9. The number of fused-ring (bicyclic) bond motifs is 1. The molecule has 1 unspecified atom stereocenters. The Kier molecular flexibility index (Phi) is 4.65. The van der Waals surface area contributed by atoms with Gasteiger partial charge in [-0.25, -0.2) is 0 Å². The number of nitrogens with zero attached hydrogens (tertiary/aromatic N) is 1. The molecule has 1 amide bonds. The fraction of sp³-hybridized carbons (Fsp3) is 0.562. The van der Waals surface area contributed by atoms with Crippen molar-refractivity contribution in [3.8, 4) is 5.75 Å². The minimum absolute atomic E-state index is 0.0313. The number of rotatable bonds is 4. The van der Waals surface area contributed by atoms with Gasteiger partial charge in [-0.1, -0.05) is 6.07 Å². The summed E-state index contributed by atoms with van der Waals surface area (Å²) in [6.07, 6.45) is 2.41. The summed E-state index contributed by atoms with van der Waals surface area (Å²) in [7, 11) is 1.77. The number of hydrogen-bond acceptors (Lipinski definition) is 3. The SMILES string of the molecule is CC(C)N(C)C(=O)COc1ccc2c(c1)C(O)CCC2. The van der Waals surface area contributed by atoms with E-state index in [1.165, 1.54) is 5.56 Å². The van der Waals surface area contributed by atoms with Crippen LogP contribution < -0.4 is 4.74 Å². The van der Waals surface area contributed by atoms with Crippen LogP contribution in [-0.2, 0) is 11.2 Å². The maximum Gasteiger partial charge on any atom is 0.260 e. The predicted octanol–water partition coefficient (Wildman–Crippen LogP) is 2.30. The molecule has 1 aliphatic rings. The molecular formula is C16H23NO3. The van der Waals surface area contributed by atoms with Crippen LogP contribution in [0.1, 0.15) is 43.9 Å². The van der Waals surface area contributed by atoms with Crippen LogP contribution in [0.3, 0.4) is 0 Å². The molecule has 0 fully saturated rings. The molecule has 20 heavy (non-hydrogen) atoms. The number of ether oxygens (including phenoxy) is 1. The molecule has 0 spiro atoms. The zero-order valence-corrected chi connectivity index (χ0v) is 12.4. The number of likely N-dealkylation sites (N-methyl/N-ethyl adjacent to an activating group) is 1. The van der Waals surface area contributed by atoms with E-state index in [9.17, 15) is 9.90 Å². The molecular weight excluding hydrogens is 254 g/mol. The molecule has 1 atom stereocenters. The zero-order chi connectivity index (χ0) is 14.7. The lowest BCUT2D eigenvalue weighted by atomic mass is 9.89. The van der Waals surface area contributed by atoms with Gasteiger partial charge in [-0.3, -0.25) is 4.79 Å². The van der Waals surface area contributed by atoms with Gasteiger partial charge >= 0.3 is 0 Å². The second-order valence-electron chi connectivity index (χ2n) is 5.66. The Morgan fingerprint density at radius 2 is 2.25 bits per heavy atom. The molecule has 0 aliphatic heterocycles. The van der Waals surface area contributed by atoms with E-state index in [0.29, 0.717) is 5.75 Å². The standard InChI is InChI=1S/C16H23NO3/c1-11(2)17(3)16(19)10-20-13-8-7-12-5-4-6-15(18)14(12)9-13/h7-9,11,15,18H,4-6,10H2,1-3H3. The normalized spacial score (nSPS) is 17.8. The van der Waals surface area contributed by atoms with Gasteiger partial charge in [-0.15, -0.1) is 0 Å². The molecule has 1 aromatic carbocycles. The Bertz CT molecular complexity index is 485. The van der Waals surface area contributed by atoms with Gasteiger partial charge in [-0.05, 0) is 56.4 Å². The molecule has 4 nitrogen and oxygen atoms in total. The van der Waals surface area contributed by atoms with Gasteiger partial charge in [0.1, 0.15) is 5.75 Å². The van der Waals surface area contributed by atoms with Gasteiger partial charge < -0.3 is 14.7 Å². The lowest BCUT2D eigenvalue weighted by Gasteiger charge is -2.23. The first-order chi connectivity index (χ1) is 9.49. The molecule has 0 radical (unpaired) electrons. The number of carbonyl (C=O) groups excluding carboxylic acids is 1. The van der Waals surface area contributed by atoms with Crippen molar-refractivity contribution in [2.45, 2.75) is 45.3 Å². The van der Waals surface area contributed by atoms with Gasteiger partial charge in [0.25, 0.3) is 5.91 Å². The predicted molar refractivity (Wildman–Crippen MR) is 77.7 cm³/mol.